The van der Waals surface area contributed by atoms with Gasteiger partial charge >= 0.3 is 0 Å². The first kappa shape index (κ1) is 12.3. The van der Waals surface area contributed by atoms with Gasteiger partial charge in [-0.1, -0.05) is 12.8 Å². The molecule has 0 aromatic rings. The highest BCUT2D eigenvalue weighted by Crippen LogP contribution is 2.32. The van der Waals surface area contributed by atoms with Crippen LogP contribution in [0.1, 0.15) is 38.5 Å². The molecule has 2 saturated heterocycles. The number of hydrogen-bond donors (Lipinski definition) is 2. The predicted molar refractivity (Wildman–Crippen MR) is 60.2 cm³/mol. The summed E-state index contributed by atoms with van der Waals surface area (Å²) >= 11 is 0. The van der Waals surface area contributed by atoms with Gasteiger partial charge in [-0.15, -0.1) is 0 Å². The zero-order valence-corrected chi connectivity index (χ0v) is 9.75. The van der Waals surface area contributed by atoms with Crippen molar-refractivity contribution < 1.29 is 14.2 Å². The average molecular weight is 231 g/mol. The molecule has 4 heteroatoms. The molecule has 2 aliphatic rings. The Bertz CT molecular complexity index is 213. The van der Waals surface area contributed by atoms with Crippen LogP contribution in [0.3, 0.4) is 0 Å². The van der Waals surface area contributed by atoms with E-state index in [-0.39, 0.29) is 6.67 Å². The summed E-state index contributed by atoms with van der Waals surface area (Å²) < 4.78 is 17.4. The zero-order chi connectivity index (χ0) is 11.4. The molecule has 0 aromatic heterocycles. The maximum atomic E-state index is 12.0. The minimum absolute atomic E-state index is 0.237. The van der Waals surface area contributed by atoms with Crippen LogP contribution in [0.25, 0.3) is 0 Å². The second-order valence-corrected chi connectivity index (χ2v) is 5.23. The smallest absolute Gasteiger partial charge is 0.0894 e. The molecule has 2 heterocycles. The van der Waals surface area contributed by atoms with Crippen LogP contribution in [-0.2, 0) is 4.74 Å². The van der Waals surface area contributed by atoms with Crippen molar-refractivity contribution in [3.05, 3.63) is 0 Å². The molecule has 0 saturated carbocycles. The quantitative estimate of drug-likeness (QED) is 0.703. The van der Waals surface area contributed by atoms with Crippen LogP contribution in [0.2, 0.25) is 0 Å². The van der Waals surface area contributed by atoms with E-state index < -0.39 is 5.60 Å². The molecule has 2 fully saturated rings. The number of rotatable bonds is 5. The third-order valence-electron chi connectivity index (χ3n) is 3.64. The number of aliphatic hydroxyl groups is 1. The Kier molecular flexibility index (Phi) is 4.16. The van der Waals surface area contributed by atoms with Crippen LogP contribution in [0.15, 0.2) is 0 Å². The van der Waals surface area contributed by atoms with Gasteiger partial charge in [0, 0.05) is 12.1 Å². The second kappa shape index (κ2) is 5.43. The minimum atomic E-state index is -0.541. The van der Waals surface area contributed by atoms with Crippen molar-refractivity contribution in [2.45, 2.75) is 56.2 Å². The van der Waals surface area contributed by atoms with Gasteiger partial charge < -0.3 is 15.2 Å². The van der Waals surface area contributed by atoms with Crippen molar-refractivity contribution in [3.8, 4) is 0 Å². The van der Waals surface area contributed by atoms with Gasteiger partial charge in [-0.2, -0.15) is 0 Å². The lowest BCUT2D eigenvalue weighted by Crippen LogP contribution is -2.59. The van der Waals surface area contributed by atoms with E-state index in [4.69, 9.17) is 4.74 Å². The summed E-state index contributed by atoms with van der Waals surface area (Å²) in [4.78, 5) is 0. The van der Waals surface area contributed by atoms with Gasteiger partial charge in [0.2, 0.25) is 0 Å². The van der Waals surface area contributed by atoms with Gasteiger partial charge in [0.05, 0.1) is 25.5 Å². The van der Waals surface area contributed by atoms with Crippen LogP contribution in [0, 0.1) is 0 Å². The molecular weight excluding hydrogens is 209 g/mol. The largest absolute Gasteiger partial charge is 0.390 e. The van der Waals surface area contributed by atoms with Crippen molar-refractivity contribution in [3.63, 3.8) is 0 Å². The maximum Gasteiger partial charge on any atom is 0.0894 e. The van der Waals surface area contributed by atoms with E-state index in [1.165, 1.54) is 0 Å². The van der Waals surface area contributed by atoms with Crippen LogP contribution in [0.5, 0.6) is 0 Å². The number of nitrogens with one attached hydrogen (secondary N) is 1. The first-order valence-electron chi connectivity index (χ1n) is 6.34. The first-order chi connectivity index (χ1) is 7.72. The maximum absolute atomic E-state index is 12.0. The molecule has 2 aliphatic heterocycles. The third kappa shape index (κ3) is 3.15. The van der Waals surface area contributed by atoms with E-state index in [0.717, 1.165) is 32.1 Å². The highest BCUT2D eigenvalue weighted by Gasteiger charge is 2.40. The van der Waals surface area contributed by atoms with Gasteiger partial charge in [0.15, 0.2) is 0 Å². The van der Waals surface area contributed by atoms with E-state index >= 15 is 0 Å². The molecule has 2 bridgehead atoms. The molecule has 3 nitrogen and oxygen atoms in total. The molecule has 2 unspecified atom stereocenters. The molecular formula is C12H22FNO2. The van der Waals surface area contributed by atoms with E-state index in [9.17, 15) is 9.50 Å². The second-order valence-electron chi connectivity index (χ2n) is 5.23. The SMILES string of the molecule is OC1(CCCCCF)CC2COCC(C1)N2. The van der Waals surface area contributed by atoms with Crippen LogP contribution >= 0.6 is 0 Å². The summed E-state index contributed by atoms with van der Waals surface area (Å²) in [6.07, 6.45) is 4.81. The highest BCUT2D eigenvalue weighted by atomic mass is 19.1. The Labute approximate surface area is 96.4 Å². The molecule has 0 aromatic carbocycles. The minimum Gasteiger partial charge on any atom is -0.390 e. The lowest BCUT2D eigenvalue weighted by Gasteiger charge is -2.45. The number of unbranched alkanes of at least 4 members (excludes halogenated alkanes) is 2. The molecule has 0 radical (unpaired) electrons. The van der Waals surface area contributed by atoms with E-state index in [0.29, 0.717) is 31.7 Å². The molecule has 2 rings (SSSR count). The first-order valence-corrected chi connectivity index (χ1v) is 6.34. The van der Waals surface area contributed by atoms with Crippen LogP contribution in [-0.4, -0.2) is 42.7 Å². The number of piperidine rings is 1. The van der Waals surface area contributed by atoms with E-state index in [1.54, 1.807) is 0 Å². The topological polar surface area (TPSA) is 41.5 Å². The fourth-order valence-electron chi connectivity index (χ4n) is 2.95. The molecule has 2 N–H and O–H groups in total. The third-order valence-corrected chi connectivity index (χ3v) is 3.64. The van der Waals surface area contributed by atoms with Crippen molar-refractivity contribution in [2.24, 2.45) is 0 Å². The normalized spacial score (nSPS) is 38.6. The number of morpholine rings is 1. The molecule has 16 heavy (non-hydrogen) atoms. The fourth-order valence-corrected chi connectivity index (χ4v) is 2.95. The van der Waals surface area contributed by atoms with Gasteiger partial charge in [-0.3, -0.25) is 4.39 Å². The van der Waals surface area contributed by atoms with Gasteiger partial charge in [-0.25, -0.2) is 0 Å². The Morgan fingerprint density at radius 2 is 1.88 bits per heavy atom. The standard InChI is InChI=1S/C12H22FNO2/c13-5-3-1-2-4-12(15)6-10-8-16-9-11(7-12)14-10/h10-11,14-15H,1-9H2. The molecule has 94 valence electrons. The Balaban J connectivity index is 1.78. The van der Waals surface area contributed by atoms with Crippen LogP contribution in [0.4, 0.5) is 4.39 Å². The van der Waals surface area contributed by atoms with Gasteiger partial charge in [0.25, 0.3) is 0 Å². The molecule has 2 atom stereocenters. The summed E-state index contributed by atoms with van der Waals surface area (Å²) in [6, 6.07) is 0.609. The summed E-state index contributed by atoms with van der Waals surface area (Å²) in [6.45, 7) is 1.19. The lowest BCUT2D eigenvalue weighted by atomic mass is 9.79. The number of alkyl halides is 1. The number of ether oxygens (including phenoxy) is 1. The van der Waals surface area contributed by atoms with Crippen molar-refractivity contribution >= 4 is 0 Å². The average Bonchev–Trinajstić information content (AvgIpc) is 2.24. The Morgan fingerprint density at radius 3 is 2.50 bits per heavy atom. The van der Waals surface area contributed by atoms with E-state index in [1.807, 2.05) is 0 Å². The highest BCUT2D eigenvalue weighted by molar-refractivity contribution is 4.96. The van der Waals surface area contributed by atoms with Gasteiger partial charge in [-0.05, 0) is 25.7 Å². The summed E-state index contributed by atoms with van der Waals surface area (Å²) in [7, 11) is 0. The van der Waals surface area contributed by atoms with Crippen molar-refractivity contribution in [1.29, 1.82) is 0 Å². The predicted octanol–water partition coefficient (Wildman–Crippen LogP) is 1.40. The fraction of sp³-hybridized carbons (Fsp3) is 1.00. The van der Waals surface area contributed by atoms with Crippen molar-refractivity contribution in [2.75, 3.05) is 19.9 Å². The molecule has 0 amide bonds. The summed E-state index contributed by atoms with van der Waals surface area (Å²) in [5, 5.41) is 14.0. The van der Waals surface area contributed by atoms with Gasteiger partial charge in [0.1, 0.15) is 0 Å². The Morgan fingerprint density at radius 1 is 1.19 bits per heavy atom. The lowest BCUT2D eigenvalue weighted by molar-refractivity contribution is -0.0808. The number of hydrogen-bond acceptors (Lipinski definition) is 3. The molecule has 0 aliphatic carbocycles. The molecule has 0 spiro atoms. The van der Waals surface area contributed by atoms with Crippen molar-refractivity contribution in [1.82, 2.24) is 5.32 Å². The number of halogens is 1. The van der Waals surface area contributed by atoms with Crippen LogP contribution < -0.4 is 5.32 Å². The summed E-state index contributed by atoms with van der Waals surface area (Å²) in [5.41, 5.74) is -0.541. The van der Waals surface area contributed by atoms with E-state index in [2.05, 4.69) is 5.32 Å². The number of fused-ring (bicyclic) bond motifs is 2. The monoisotopic (exact) mass is 231 g/mol. The Hall–Kier alpha value is -0.190. The summed E-state index contributed by atoms with van der Waals surface area (Å²) in [5.74, 6) is 0. The zero-order valence-electron chi connectivity index (χ0n) is 9.75.